The summed E-state index contributed by atoms with van der Waals surface area (Å²) in [4.78, 5) is 11.4. The van der Waals surface area contributed by atoms with Gasteiger partial charge in [0.15, 0.2) is 0 Å². The minimum atomic E-state index is -0.476. The van der Waals surface area contributed by atoms with E-state index in [2.05, 4.69) is 13.2 Å². The van der Waals surface area contributed by atoms with Crippen molar-refractivity contribution in [1.82, 2.24) is 0 Å². The van der Waals surface area contributed by atoms with Crippen LogP contribution >= 0.6 is 0 Å². The minimum Gasteiger partial charge on any atom is -0.456 e. The Hall–Kier alpha value is -1.31. The largest absolute Gasteiger partial charge is 0.456 e. The van der Waals surface area contributed by atoms with Gasteiger partial charge in [0.1, 0.15) is 5.60 Å². The molecule has 0 radical (unpaired) electrons. The van der Waals surface area contributed by atoms with Crippen LogP contribution in [-0.2, 0) is 9.53 Å². The summed E-state index contributed by atoms with van der Waals surface area (Å²) in [5.74, 6) is -0.390. The highest BCUT2D eigenvalue weighted by Gasteiger charge is 2.17. The molecule has 0 bridgehead atoms. The first-order valence-corrected chi connectivity index (χ1v) is 4.49. The zero-order chi connectivity index (χ0) is 11.4. The molecular weight excluding hydrogens is 176 g/mol. The molecule has 0 rings (SSSR count). The fourth-order valence-corrected chi connectivity index (χ4v) is 0.736. The van der Waals surface area contributed by atoms with E-state index < -0.39 is 11.6 Å². The Morgan fingerprint density at radius 2 is 1.86 bits per heavy atom. The second kappa shape index (κ2) is 4.80. The molecule has 2 nitrogen and oxygen atoms in total. The number of rotatable bonds is 3. The molecule has 0 aliphatic heterocycles. The summed E-state index contributed by atoms with van der Waals surface area (Å²) < 4.78 is 5.13. The predicted octanol–water partition coefficient (Wildman–Crippen LogP) is 3.02. The summed E-state index contributed by atoms with van der Waals surface area (Å²) in [5.41, 5.74) is 0.758. The lowest BCUT2D eigenvalue weighted by molar-refractivity contribution is -0.149. The number of ether oxygens (including phenoxy) is 1. The Morgan fingerprint density at radius 1 is 1.36 bits per heavy atom. The Bertz CT molecular complexity index is 277. The Balaban J connectivity index is 4.43. The molecule has 0 aromatic carbocycles. The lowest BCUT2D eigenvalue weighted by Gasteiger charge is -2.19. The monoisotopic (exact) mass is 194 g/mol. The molecule has 0 saturated carbocycles. The van der Waals surface area contributed by atoms with Crippen molar-refractivity contribution in [1.29, 1.82) is 0 Å². The van der Waals surface area contributed by atoms with Gasteiger partial charge >= 0.3 is 5.97 Å². The van der Waals surface area contributed by atoms with Gasteiger partial charge < -0.3 is 4.74 Å². The van der Waals surface area contributed by atoms with Crippen molar-refractivity contribution in [3.8, 4) is 0 Å². The van der Waals surface area contributed by atoms with Crippen molar-refractivity contribution < 1.29 is 9.53 Å². The Kier molecular flexibility index (Phi) is 4.35. The van der Waals surface area contributed by atoms with Crippen LogP contribution in [0.25, 0.3) is 0 Å². The summed E-state index contributed by atoms with van der Waals surface area (Å²) in [6.45, 7) is 14.5. The van der Waals surface area contributed by atoms with E-state index in [1.54, 1.807) is 12.2 Å². The first kappa shape index (κ1) is 12.7. The summed E-state index contributed by atoms with van der Waals surface area (Å²) in [7, 11) is 0. The van der Waals surface area contributed by atoms with Crippen LogP contribution in [0.4, 0.5) is 0 Å². The van der Waals surface area contributed by atoms with Gasteiger partial charge in [0.05, 0.1) is 5.57 Å². The maximum atomic E-state index is 11.4. The normalized spacial score (nSPS) is 12.1. The molecule has 0 fully saturated rings. The van der Waals surface area contributed by atoms with Crippen molar-refractivity contribution in [2.24, 2.45) is 0 Å². The van der Waals surface area contributed by atoms with E-state index in [1.165, 1.54) is 0 Å². The summed E-state index contributed by atoms with van der Waals surface area (Å²) in [6.07, 6.45) is 3.32. The zero-order valence-electron chi connectivity index (χ0n) is 9.39. The van der Waals surface area contributed by atoms with Crippen molar-refractivity contribution in [2.45, 2.75) is 33.3 Å². The fraction of sp³-hybridized carbons (Fsp3) is 0.417. The first-order valence-electron chi connectivity index (χ1n) is 4.49. The number of hydrogen-bond acceptors (Lipinski definition) is 2. The van der Waals surface area contributed by atoms with Crippen LogP contribution < -0.4 is 0 Å². The SMILES string of the molecule is C=C/C(C)=C/C(=C)C(=O)OC(C)(C)C. The highest BCUT2D eigenvalue weighted by Crippen LogP contribution is 2.11. The average molecular weight is 194 g/mol. The van der Waals surface area contributed by atoms with Crippen molar-refractivity contribution in [2.75, 3.05) is 0 Å². The molecular formula is C12H18O2. The number of hydrogen-bond donors (Lipinski definition) is 0. The highest BCUT2D eigenvalue weighted by molar-refractivity contribution is 5.91. The van der Waals surface area contributed by atoms with Gasteiger partial charge in [-0.1, -0.05) is 24.8 Å². The molecule has 78 valence electrons. The van der Waals surface area contributed by atoms with Crippen LogP contribution in [0.3, 0.4) is 0 Å². The third-order valence-corrected chi connectivity index (χ3v) is 1.38. The molecule has 0 aliphatic rings. The predicted molar refractivity (Wildman–Crippen MR) is 58.9 cm³/mol. The van der Waals surface area contributed by atoms with Crippen molar-refractivity contribution >= 4 is 5.97 Å². The van der Waals surface area contributed by atoms with Crippen LogP contribution in [0.5, 0.6) is 0 Å². The molecule has 0 N–H and O–H groups in total. The second-order valence-electron chi connectivity index (χ2n) is 4.12. The van der Waals surface area contributed by atoms with Gasteiger partial charge in [-0.15, -0.1) is 0 Å². The van der Waals surface area contributed by atoms with Gasteiger partial charge in [0.25, 0.3) is 0 Å². The van der Waals surface area contributed by atoms with E-state index in [0.29, 0.717) is 5.57 Å². The third kappa shape index (κ3) is 5.36. The Labute approximate surface area is 86.0 Å². The highest BCUT2D eigenvalue weighted by atomic mass is 16.6. The number of carbonyl (C=O) groups excluding carboxylic acids is 1. The number of esters is 1. The van der Waals surface area contributed by atoms with Gasteiger partial charge in [-0.2, -0.15) is 0 Å². The molecule has 0 aromatic rings. The molecule has 0 saturated heterocycles. The molecule has 0 unspecified atom stereocenters. The topological polar surface area (TPSA) is 26.3 Å². The van der Waals surface area contributed by atoms with E-state index in [1.807, 2.05) is 27.7 Å². The molecule has 0 amide bonds. The van der Waals surface area contributed by atoms with Crippen LogP contribution in [-0.4, -0.2) is 11.6 Å². The molecule has 14 heavy (non-hydrogen) atoms. The van der Waals surface area contributed by atoms with E-state index in [9.17, 15) is 4.79 Å². The molecule has 0 heterocycles. The van der Waals surface area contributed by atoms with E-state index in [4.69, 9.17) is 4.74 Å². The standard InChI is InChI=1S/C12H18O2/c1-7-9(2)8-10(3)11(13)14-12(4,5)6/h7-8H,1,3H2,2,4-6H3/b9-8+. The van der Waals surface area contributed by atoms with Gasteiger partial charge in [0, 0.05) is 0 Å². The minimum absolute atomic E-state index is 0.345. The Morgan fingerprint density at radius 3 is 2.21 bits per heavy atom. The van der Waals surface area contributed by atoms with Crippen LogP contribution in [0.15, 0.2) is 36.5 Å². The van der Waals surface area contributed by atoms with Crippen LogP contribution in [0.2, 0.25) is 0 Å². The quantitative estimate of drug-likeness (QED) is 0.392. The molecule has 0 aliphatic carbocycles. The van der Waals surface area contributed by atoms with Crippen molar-refractivity contribution in [3.63, 3.8) is 0 Å². The second-order valence-corrected chi connectivity index (χ2v) is 4.12. The average Bonchev–Trinajstić information content (AvgIpc) is 2.00. The van der Waals surface area contributed by atoms with Gasteiger partial charge in [-0.3, -0.25) is 0 Å². The van der Waals surface area contributed by atoms with E-state index in [-0.39, 0.29) is 0 Å². The molecule has 0 spiro atoms. The molecule has 2 heteroatoms. The first-order chi connectivity index (χ1) is 6.26. The number of allylic oxidation sites excluding steroid dienone is 2. The van der Waals surface area contributed by atoms with Crippen LogP contribution in [0, 0.1) is 0 Å². The zero-order valence-corrected chi connectivity index (χ0v) is 9.39. The van der Waals surface area contributed by atoms with Gasteiger partial charge in [-0.25, -0.2) is 4.79 Å². The lowest BCUT2D eigenvalue weighted by Crippen LogP contribution is -2.24. The van der Waals surface area contributed by atoms with Crippen LogP contribution in [0.1, 0.15) is 27.7 Å². The molecule has 0 atom stereocenters. The fourth-order valence-electron chi connectivity index (χ4n) is 0.736. The summed E-state index contributed by atoms with van der Waals surface area (Å²) >= 11 is 0. The maximum Gasteiger partial charge on any atom is 0.338 e. The van der Waals surface area contributed by atoms with E-state index >= 15 is 0 Å². The maximum absolute atomic E-state index is 11.4. The van der Waals surface area contributed by atoms with Gasteiger partial charge in [0.2, 0.25) is 0 Å². The van der Waals surface area contributed by atoms with E-state index in [0.717, 1.165) is 5.57 Å². The lowest BCUT2D eigenvalue weighted by atomic mass is 10.1. The third-order valence-electron chi connectivity index (χ3n) is 1.38. The molecule has 0 aromatic heterocycles. The summed E-state index contributed by atoms with van der Waals surface area (Å²) in [5, 5.41) is 0. The summed E-state index contributed by atoms with van der Waals surface area (Å²) in [6, 6.07) is 0. The van der Waals surface area contributed by atoms with Crippen molar-refractivity contribution in [3.05, 3.63) is 36.5 Å². The smallest absolute Gasteiger partial charge is 0.338 e. The van der Waals surface area contributed by atoms with Gasteiger partial charge in [-0.05, 0) is 33.8 Å². The number of carbonyl (C=O) groups is 1.